The van der Waals surface area contributed by atoms with Crippen LogP contribution in [-0.4, -0.2) is 18.7 Å². The molecule has 0 fully saturated rings. The second kappa shape index (κ2) is 5.75. The van der Waals surface area contributed by atoms with Gasteiger partial charge in [-0.05, 0) is 36.9 Å². The standard InChI is InChI=1S/C14H14N2O2/c1-5-10(2)12-6-8-13(9-7-12)16(11(3)17)14(18)15-4/h6-9H,1,4H2,2-3H3. The van der Waals surface area contributed by atoms with Crippen molar-refractivity contribution in [2.45, 2.75) is 13.8 Å². The number of hydrogen-bond acceptors (Lipinski definition) is 2. The number of allylic oxidation sites excluding steroid dienone is 1. The van der Waals surface area contributed by atoms with Gasteiger partial charge in [0.05, 0.1) is 5.69 Å². The molecule has 0 bridgehead atoms. The minimum absolute atomic E-state index is 0.406. The number of benzene rings is 1. The number of nitrogens with zero attached hydrogens (tertiary/aromatic N) is 2. The van der Waals surface area contributed by atoms with E-state index in [2.05, 4.69) is 24.0 Å². The van der Waals surface area contributed by atoms with Crippen LogP contribution >= 0.6 is 0 Å². The van der Waals surface area contributed by atoms with E-state index in [-0.39, 0.29) is 0 Å². The average molecular weight is 242 g/mol. The summed E-state index contributed by atoms with van der Waals surface area (Å²) in [5.74, 6) is -0.406. The van der Waals surface area contributed by atoms with Crippen molar-refractivity contribution >= 4 is 29.9 Å². The van der Waals surface area contributed by atoms with E-state index < -0.39 is 11.9 Å². The lowest BCUT2D eigenvalue weighted by Gasteiger charge is -2.16. The maximum atomic E-state index is 11.5. The van der Waals surface area contributed by atoms with Crippen molar-refractivity contribution in [2.75, 3.05) is 4.90 Å². The molecule has 4 nitrogen and oxygen atoms in total. The van der Waals surface area contributed by atoms with E-state index in [1.165, 1.54) is 6.92 Å². The largest absolute Gasteiger partial charge is 0.354 e. The minimum atomic E-state index is -0.689. The molecule has 0 heterocycles. The van der Waals surface area contributed by atoms with Crippen LogP contribution in [0.5, 0.6) is 0 Å². The van der Waals surface area contributed by atoms with Gasteiger partial charge < -0.3 is 0 Å². The summed E-state index contributed by atoms with van der Waals surface area (Å²) in [6.07, 6.45) is 0. The van der Waals surface area contributed by atoms with Crippen LogP contribution in [0, 0.1) is 0 Å². The van der Waals surface area contributed by atoms with Gasteiger partial charge in [0, 0.05) is 6.92 Å². The van der Waals surface area contributed by atoms with Gasteiger partial charge in [-0.3, -0.25) is 4.79 Å². The van der Waals surface area contributed by atoms with E-state index in [0.29, 0.717) is 5.69 Å². The fourth-order valence-electron chi connectivity index (χ4n) is 1.46. The van der Waals surface area contributed by atoms with Gasteiger partial charge in [0.1, 0.15) is 0 Å². The summed E-state index contributed by atoms with van der Waals surface area (Å²) >= 11 is 0. The van der Waals surface area contributed by atoms with Gasteiger partial charge >= 0.3 is 6.03 Å². The van der Waals surface area contributed by atoms with E-state index in [0.717, 1.165) is 16.0 Å². The zero-order chi connectivity index (χ0) is 13.7. The summed E-state index contributed by atoms with van der Waals surface area (Å²) < 4.78 is 0. The molecule has 18 heavy (non-hydrogen) atoms. The number of carbonyl (C=O) groups is 2. The Hall–Kier alpha value is -2.45. The molecule has 4 heteroatoms. The van der Waals surface area contributed by atoms with Crippen molar-refractivity contribution in [2.24, 2.45) is 4.99 Å². The van der Waals surface area contributed by atoms with E-state index in [1.807, 2.05) is 6.92 Å². The Morgan fingerprint density at radius 2 is 1.78 bits per heavy atom. The van der Waals surface area contributed by atoms with Crippen LogP contribution in [-0.2, 0) is 4.79 Å². The minimum Gasteiger partial charge on any atom is -0.274 e. The van der Waals surface area contributed by atoms with Crippen LogP contribution in [0.4, 0.5) is 10.5 Å². The zero-order valence-electron chi connectivity index (χ0n) is 10.4. The van der Waals surface area contributed by atoms with Crippen LogP contribution < -0.4 is 4.90 Å². The third-order valence-electron chi connectivity index (χ3n) is 2.47. The monoisotopic (exact) mass is 242 g/mol. The number of hydrogen-bond donors (Lipinski definition) is 0. The molecule has 0 N–H and O–H groups in total. The third-order valence-corrected chi connectivity index (χ3v) is 2.47. The summed E-state index contributed by atoms with van der Waals surface area (Å²) in [7, 11) is 0. The Balaban J connectivity index is 3.16. The number of imide groups is 1. The summed E-state index contributed by atoms with van der Waals surface area (Å²) in [6.45, 7) is 9.87. The molecule has 0 atom stereocenters. The molecular weight excluding hydrogens is 228 g/mol. The lowest BCUT2D eigenvalue weighted by Crippen LogP contribution is -2.32. The van der Waals surface area contributed by atoms with Crippen molar-refractivity contribution < 1.29 is 9.59 Å². The van der Waals surface area contributed by atoms with Crippen molar-refractivity contribution in [3.63, 3.8) is 0 Å². The molecule has 1 aromatic carbocycles. The van der Waals surface area contributed by atoms with Gasteiger partial charge in [-0.25, -0.2) is 14.7 Å². The number of anilines is 1. The van der Waals surface area contributed by atoms with Crippen molar-refractivity contribution in [3.05, 3.63) is 42.1 Å². The molecule has 3 amide bonds. The molecule has 0 aliphatic heterocycles. The van der Waals surface area contributed by atoms with Crippen molar-refractivity contribution in [1.29, 1.82) is 0 Å². The van der Waals surface area contributed by atoms with Crippen LogP contribution in [0.15, 0.2) is 41.6 Å². The topological polar surface area (TPSA) is 49.7 Å². The summed E-state index contributed by atoms with van der Waals surface area (Å²) in [6, 6.07) is 6.22. The van der Waals surface area contributed by atoms with Gasteiger partial charge in [0.2, 0.25) is 5.91 Å². The Labute approximate surface area is 106 Å². The van der Waals surface area contributed by atoms with Crippen LogP contribution in [0.3, 0.4) is 0 Å². The fraction of sp³-hybridized carbons (Fsp3) is 0.143. The normalized spacial score (nSPS) is 9.22. The molecule has 92 valence electrons. The first-order valence-corrected chi connectivity index (χ1v) is 5.29. The first-order valence-electron chi connectivity index (χ1n) is 5.29. The fourth-order valence-corrected chi connectivity index (χ4v) is 1.46. The zero-order valence-corrected chi connectivity index (χ0v) is 10.4. The summed E-state index contributed by atoms with van der Waals surface area (Å²) in [5.41, 5.74) is 5.06. The molecule has 0 spiro atoms. The Kier molecular flexibility index (Phi) is 4.35. The molecule has 1 rings (SSSR count). The molecule has 0 saturated heterocycles. The van der Waals surface area contributed by atoms with Gasteiger partial charge in [-0.2, -0.15) is 0 Å². The molecule has 0 unspecified atom stereocenters. The molecule has 0 aliphatic carbocycles. The average Bonchev–Trinajstić information content (AvgIpc) is 2.38. The second-order valence-corrected chi connectivity index (χ2v) is 3.64. The number of urea groups is 1. The summed E-state index contributed by atoms with van der Waals surface area (Å²) in [4.78, 5) is 27.1. The number of rotatable bonds is 2. The van der Waals surface area contributed by atoms with Gasteiger partial charge in [0.15, 0.2) is 0 Å². The Morgan fingerprint density at radius 3 is 2.17 bits per heavy atom. The highest BCUT2D eigenvalue weighted by atomic mass is 16.2. The number of aliphatic imine (C=N–C) groups is 1. The maximum Gasteiger partial charge on any atom is 0.354 e. The highest BCUT2D eigenvalue weighted by Crippen LogP contribution is 2.20. The van der Waals surface area contributed by atoms with Gasteiger partial charge in [0.25, 0.3) is 0 Å². The quantitative estimate of drug-likeness (QED) is 0.591. The molecular formula is C14H14N2O2. The molecule has 0 radical (unpaired) electrons. The maximum absolute atomic E-state index is 11.5. The second-order valence-electron chi connectivity index (χ2n) is 3.64. The van der Waals surface area contributed by atoms with E-state index in [9.17, 15) is 9.59 Å². The highest BCUT2D eigenvalue weighted by molar-refractivity contribution is 6.14. The Morgan fingerprint density at radius 1 is 1.22 bits per heavy atom. The first kappa shape index (κ1) is 13.6. The first-order chi connectivity index (χ1) is 8.51. The van der Waals surface area contributed by atoms with Crippen LogP contribution in [0.25, 0.3) is 5.57 Å². The smallest absolute Gasteiger partial charge is 0.274 e. The molecule has 0 saturated carbocycles. The predicted octanol–water partition coefficient (Wildman–Crippen LogP) is 3.05. The lowest BCUT2D eigenvalue weighted by atomic mass is 10.1. The highest BCUT2D eigenvalue weighted by Gasteiger charge is 2.18. The van der Waals surface area contributed by atoms with E-state index in [4.69, 9.17) is 0 Å². The molecule has 0 aromatic heterocycles. The number of amides is 3. The Bertz CT molecular complexity index is 537. The SMILES string of the molecule is C=C=C(C)c1ccc(N(C(C)=O)C(=O)N=C)cc1. The van der Waals surface area contributed by atoms with E-state index in [1.54, 1.807) is 24.3 Å². The van der Waals surface area contributed by atoms with Gasteiger partial charge in [-0.1, -0.05) is 18.7 Å². The molecule has 0 aliphatic rings. The third kappa shape index (κ3) is 2.81. The van der Waals surface area contributed by atoms with E-state index >= 15 is 0 Å². The lowest BCUT2D eigenvalue weighted by molar-refractivity contribution is -0.115. The summed E-state index contributed by atoms with van der Waals surface area (Å²) in [5, 5.41) is 0. The van der Waals surface area contributed by atoms with Crippen LogP contribution in [0.2, 0.25) is 0 Å². The predicted molar refractivity (Wildman–Crippen MR) is 72.8 cm³/mol. The number of carbonyl (C=O) groups excluding carboxylic acids is 2. The van der Waals surface area contributed by atoms with Crippen molar-refractivity contribution in [3.8, 4) is 0 Å². The van der Waals surface area contributed by atoms with Crippen molar-refractivity contribution in [1.82, 2.24) is 0 Å². The molecule has 1 aromatic rings. The van der Waals surface area contributed by atoms with Gasteiger partial charge in [-0.15, -0.1) is 5.73 Å². The van der Waals surface area contributed by atoms with Crippen LogP contribution in [0.1, 0.15) is 19.4 Å².